The molecule has 1 aromatic carbocycles. The zero-order chi connectivity index (χ0) is 16.1. The van der Waals surface area contributed by atoms with Crippen molar-refractivity contribution in [1.82, 2.24) is 4.57 Å². The van der Waals surface area contributed by atoms with E-state index < -0.39 is 5.97 Å². The van der Waals surface area contributed by atoms with Crippen LogP contribution in [0.4, 0.5) is 0 Å². The van der Waals surface area contributed by atoms with Crippen molar-refractivity contribution in [3.63, 3.8) is 0 Å². The fraction of sp³-hybridized carbons (Fsp3) is 0.286. The number of hydrogen-bond acceptors (Lipinski definition) is 6. The summed E-state index contributed by atoms with van der Waals surface area (Å²) in [4.78, 5) is 11.4. The summed E-state index contributed by atoms with van der Waals surface area (Å²) in [6, 6.07) is 7.27. The number of rotatable bonds is 7. The number of aliphatic hydroxyl groups is 1. The van der Waals surface area contributed by atoms with E-state index in [1.807, 2.05) is 18.2 Å². The Morgan fingerprint density at radius 1 is 1.36 bits per heavy atom. The van der Waals surface area contributed by atoms with E-state index in [1.54, 1.807) is 6.07 Å². The van der Waals surface area contributed by atoms with Crippen LogP contribution >= 0.6 is 23.6 Å². The molecule has 2 aromatic rings. The molecular weight excluding hydrogens is 326 g/mol. The number of thiazole rings is 1. The Kier molecular flexibility index (Phi) is 5.53. The Hall–Kier alpha value is -1.90. The molecule has 2 rings (SSSR count). The smallest absolute Gasteiger partial charge is 0.323 e. The molecule has 6 nitrogen and oxygen atoms in total. The summed E-state index contributed by atoms with van der Waals surface area (Å²) in [5.41, 5.74) is 0.824. The zero-order valence-electron chi connectivity index (χ0n) is 11.6. The lowest BCUT2D eigenvalue weighted by molar-refractivity contribution is -0.137. The van der Waals surface area contributed by atoms with Crippen molar-refractivity contribution in [3.05, 3.63) is 38.7 Å². The molecule has 1 aromatic heterocycles. The summed E-state index contributed by atoms with van der Waals surface area (Å²) in [7, 11) is 0. The number of benzene rings is 1. The predicted octanol–water partition coefficient (Wildman–Crippen LogP) is 2.03. The Morgan fingerprint density at radius 3 is 2.77 bits per heavy atom. The van der Waals surface area contributed by atoms with Gasteiger partial charge in [-0.3, -0.25) is 9.36 Å². The predicted molar refractivity (Wildman–Crippen MR) is 84.3 cm³/mol. The fourth-order valence-electron chi connectivity index (χ4n) is 1.95. The molecule has 0 aliphatic heterocycles. The molecule has 1 heterocycles. The van der Waals surface area contributed by atoms with Crippen LogP contribution in [0.5, 0.6) is 11.6 Å². The van der Waals surface area contributed by atoms with Gasteiger partial charge in [0.05, 0.1) is 11.5 Å². The number of nitrogens with zero attached hydrogens (tertiary/aromatic N) is 1. The first kappa shape index (κ1) is 16.5. The second-order valence-corrected chi connectivity index (χ2v) is 6.18. The number of carbonyl (C=O) groups is 1. The van der Waals surface area contributed by atoms with E-state index in [9.17, 15) is 9.90 Å². The molecule has 0 amide bonds. The van der Waals surface area contributed by atoms with Gasteiger partial charge in [-0.2, -0.15) is 0 Å². The molecule has 0 fully saturated rings. The number of aliphatic hydroxyl groups excluding tert-OH is 1. The largest absolute Gasteiger partial charge is 0.494 e. The highest BCUT2D eigenvalue weighted by atomic mass is 32.1. The van der Waals surface area contributed by atoms with Crippen LogP contribution in [0.1, 0.15) is 10.4 Å². The second-order valence-electron chi connectivity index (χ2n) is 4.45. The first-order chi connectivity index (χ1) is 10.5. The quantitative estimate of drug-likeness (QED) is 0.668. The average Bonchev–Trinajstić information content (AvgIpc) is 2.73. The molecule has 0 aliphatic rings. The maximum Gasteiger partial charge on any atom is 0.323 e. The van der Waals surface area contributed by atoms with E-state index in [-0.39, 0.29) is 25.6 Å². The Bertz CT molecular complexity index is 722. The number of ether oxygens (including phenoxy) is 1. The Morgan fingerprint density at radius 2 is 2.09 bits per heavy atom. The first-order valence-electron chi connectivity index (χ1n) is 6.47. The van der Waals surface area contributed by atoms with Gasteiger partial charge in [-0.1, -0.05) is 18.2 Å². The lowest BCUT2D eigenvalue weighted by atomic mass is 10.1. The van der Waals surface area contributed by atoms with Crippen molar-refractivity contribution in [2.24, 2.45) is 0 Å². The summed E-state index contributed by atoms with van der Waals surface area (Å²) in [5.74, 6) is -0.586. The van der Waals surface area contributed by atoms with Crippen LogP contribution in [0.3, 0.4) is 0 Å². The zero-order valence-corrected chi connectivity index (χ0v) is 13.2. The van der Waals surface area contributed by atoms with E-state index in [1.165, 1.54) is 15.9 Å². The van der Waals surface area contributed by atoms with Gasteiger partial charge in [0.1, 0.15) is 18.9 Å². The minimum absolute atomic E-state index is 0.0898. The van der Waals surface area contributed by atoms with Crippen molar-refractivity contribution in [3.8, 4) is 11.6 Å². The van der Waals surface area contributed by atoms with E-state index in [0.717, 1.165) is 5.56 Å². The van der Waals surface area contributed by atoms with Crippen molar-refractivity contribution in [1.29, 1.82) is 0 Å². The number of carboxylic acid groups (broad SMARTS) is 1. The lowest BCUT2D eigenvalue weighted by Gasteiger charge is -2.10. The SMILES string of the molecule is O=C(O)Cn1c(O)c(Cc2ccccc2OCCO)sc1=S. The molecule has 0 unspecified atom stereocenters. The number of aromatic nitrogens is 1. The average molecular weight is 341 g/mol. The van der Waals surface area contributed by atoms with Gasteiger partial charge in [0.15, 0.2) is 3.95 Å². The molecule has 0 aliphatic carbocycles. The number of carboxylic acids is 1. The minimum Gasteiger partial charge on any atom is -0.494 e. The molecule has 8 heteroatoms. The second kappa shape index (κ2) is 7.39. The molecule has 3 N–H and O–H groups in total. The van der Waals surface area contributed by atoms with Gasteiger partial charge >= 0.3 is 5.97 Å². The minimum atomic E-state index is -1.07. The molecule has 0 saturated carbocycles. The standard InChI is InChI=1S/C14H15NO5S2/c16-5-6-20-10-4-2-1-3-9(10)7-11-13(19)15(8-12(17)18)14(21)22-11/h1-4,16,19H,5-8H2,(H,17,18). The monoisotopic (exact) mass is 341 g/mol. The van der Waals surface area contributed by atoms with Crippen molar-refractivity contribution in [2.75, 3.05) is 13.2 Å². The van der Waals surface area contributed by atoms with E-state index >= 15 is 0 Å². The number of aliphatic carboxylic acids is 1. The van der Waals surface area contributed by atoms with Crippen molar-refractivity contribution < 1.29 is 24.9 Å². The Balaban J connectivity index is 2.28. The maximum absolute atomic E-state index is 10.8. The van der Waals surface area contributed by atoms with Gasteiger partial charge < -0.3 is 20.1 Å². The van der Waals surface area contributed by atoms with Gasteiger partial charge in [-0.05, 0) is 23.8 Å². The summed E-state index contributed by atoms with van der Waals surface area (Å²) in [5, 5.41) is 27.8. The summed E-state index contributed by atoms with van der Waals surface area (Å²) in [6.45, 7) is -0.282. The number of hydrogen-bond donors (Lipinski definition) is 3. The molecule has 22 heavy (non-hydrogen) atoms. The van der Waals surface area contributed by atoms with Crippen LogP contribution in [-0.4, -0.2) is 39.1 Å². The first-order valence-corrected chi connectivity index (χ1v) is 7.70. The van der Waals surface area contributed by atoms with Crippen LogP contribution in [-0.2, 0) is 17.8 Å². The highest BCUT2D eigenvalue weighted by Crippen LogP contribution is 2.31. The highest BCUT2D eigenvalue weighted by Gasteiger charge is 2.16. The molecule has 0 spiro atoms. The molecule has 118 valence electrons. The van der Waals surface area contributed by atoms with Crippen molar-refractivity contribution >= 4 is 29.5 Å². The third kappa shape index (κ3) is 3.85. The van der Waals surface area contributed by atoms with Gasteiger partial charge in [0.25, 0.3) is 0 Å². The van der Waals surface area contributed by atoms with Crippen LogP contribution in [0, 0.1) is 3.95 Å². The fourth-order valence-corrected chi connectivity index (χ4v) is 3.31. The van der Waals surface area contributed by atoms with Crippen LogP contribution in [0.2, 0.25) is 0 Å². The third-order valence-corrected chi connectivity index (χ3v) is 4.34. The molecule has 0 saturated heterocycles. The van der Waals surface area contributed by atoms with Gasteiger partial charge in [-0.15, -0.1) is 11.3 Å². The van der Waals surface area contributed by atoms with E-state index in [4.69, 9.17) is 27.2 Å². The maximum atomic E-state index is 10.8. The number of para-hydroxylation sites is 1. The van der Waals surface area contributed by atoms with Gasteiger partial charge in [-0.25, -0.2) is 0 Å². The van der Waals surface area contributed by atoms with Gasteiger partial charge in [0, 0.05) is 6.42 Å². The summed E-state index contributed by atoms with van der Waals surface area (Å²) < 4.78 is 6.94. The number of aromatic hydroxyl groups is 1. The molecule has 0 radical (unpaired) electrons. The molecular formula is C14H15NO5S2. The van der Waals surface area contributed by atoms with Crippen molar-refractivity contribution in [2.45, 2.75) is 13.0 Å². The normalized spacial score (nSPS) is 10.6. The Labute approximate surface area is 135 Å². The summed E-state index contributed by atoms with van der Waals surface area (Å²) in [6.07, 6.45) is 0.369. The van der Waals surface area contributed by atoms with Gasteiger partial charge in [0.2, 0.25) is 5.88 Å². The van der Waals surface area contributed by atoms with Crippen LogP contribution < -0.4 is 4.74 Å². The topological polar surface area (TPSA) is 91.9 Å². The third-order valence-electron chi connectivity index (χ3n) is 2.90. The van der Waals surface area contributed by atoms with Crippen LogP contribution in [0.15, 0.2) is 24.3 Å². The van der Waals surface area contributed by atoms with E-state index in [2.05, 4.69) is 0 Å². The highest BCUT2D eigenvalue weighted by molar-refractivity contribution is 7.73. The lowest BCUT2D eigenvalue weighted by Crippen LogP contribution is -2.08. The molecule has 0 bridgehead atoms. The molecule has 0 atom stereocenters. The van der Waals surface area contributed by atoms with Crippen LogP contribution in [0.25, 0.3) is 0 Å². The summed E-state index contributed by atoms with van der Waals surface area (Å²) >= 11 is 6.26. The van der Waals surface area contributed by atoms with E-state index in [0.29, 0.717) is 21.0 Å².